The molecule has 0 fully saturated rings. The van der Waals surface area contributed by atoms with Gasteiger partial charge in [0.2, 0.25) is 0 Å². The van der Waals surface area contributed by atoms with Crippen LogP contribution < -0.4 is 9.92 Å². The molecular weight excluding hydrogens is 1490 g/mol. The van der Waals surface area contributed by atoms with Crippen LogP contribution in [0.3, 0.4) is 0 Å². The van der Waals surface area contributed by atoms with Crippen molar-refractivity contribution < 1.29 is 229 Å². The van der Waals surface area contributed by atoms with Crippen molar-refractivity contribution in [3.05, 3.63) is 23.8 Å². The lowest BCUT2D eigenvalue weighted by atomic mass is 9.88. The summed E-state index contributed by atoms with van der Waals surface area (Å²) in [6.07, 6.45) is -40.5. The number of hydrogen-bond acceptors (Lipinski definition) is 1. The highest BCUT2D eigenvalue weighted by molar-refractivity contribution is 6.92. The molecule has 1 aromatic rings. The summed E-state index contributed by atoms with van der Waals surface area (Å²) in [4.78, 5) is 0. The number of ether oxygens (including phenoxy) is 1. The first-order chi connectivity index (χ1) is 39.7. The summed E-state index contributed by atoms with van der Waals surface area (Å²) < 4.78 is 727. The molecule has 53 heteroatoms. The fourth-order valence-corrected chi connectivity index (χ4v) is 12.4. The van der Waals surface area contributed by atoms with Crippen molar-refractivity contribution in [2.45, 2.75) is 207 Å². The van der Waals surface area contributed by atoms with Gasteiger partial charge < -0.3 is 4.74 Å². The monoisotopic (exact) mass is 1520 g/mol. The Kier molecular flexibility index (Phi) is 21.8. The minimum Gasteiger partial charge on any atom is -0.491 e. The fraction of sp³-hybridized carbons (Fsp3) is 0.850. The highest BCUT2D eigenvalue weighted by Gasteiger charge is 2.99. The summed E-state index contributed by atoms with van der Waals surface area (Å²) in [5, 5.41) is -2.32. The van der Waals surface area contributed by atoms with Crippen LogP contribution in [0.1, 0.15) is 38.7 Å². The average molecular weight is 1520 g/mol. The van der Waals surface area contributed by atoms with Crippen LogP contribution in [0.15, 0.2) is 18.2 Å². The van der Waals surface area contributed by atoms with Crippen molar-refractivity contribution in [1.29, 1.82) is 0 Å². The molecule has 0 spiro atoms. The molecule has 552 valence electrons. The van der Waals surface area contributed by atoms with Crippen molar-refractivity contribution in [2.24, 2.45) is 0 Å². The predicted molar refractivity (Wildman–Crippen MR) is 203 cm³/mol. The summed E-state index contributed by atoms with van der Waals surface area (Å²) >= 11 is 0. The number of halogens is 51. The topological polar surface area (TPSA) is 9.23 Å². The van der Waals surface area contributed by atoms with E-state index in [1.165, 1.54) is 0 Å². The number of benzene rings is 1. The lowest BCUT2D eigenvalue weighted by Crippen LogP contribution is -2.74. The second kappa shape index (κ2) is 23.4. The molecule has 1 aromatic carbocycles. The molecule has 93 heavy (non-hydrogen) atoms. The van der Waals surface area contributed by atoms with E-state index in [9.17, 15) is 171 Å². The highest BCUT2D eigenvalue weighted by Crippen LogP contribution is 2.69. The molecular formula is C40H25F51OSi. The minimum absolute atomic E-state index is 0.145. The molecule has 0 saturated heterocycles. The van der Waals surface area contributed by atoms with Crippen molar-refractivity contribution in [1.82, 2.24) is 0 Å². The first kappa shape index (κ1) is 86.7. The Hall–Kier alpha value is -4.33. The zero-order valence-corrected chi connectivity index (χ0v) is 44.2. The fourth-order valence-electron chi connectivity index (χ4n) is 7.42. The molecule has 1 nitrogen and oxygen atoms in total. The van der Waals surface area contributed by atoms with Gasteiger partial charge in [0.1, 0.15) is 5.75 Å². The molecule has 0 bridgehead atoms. The van der Waals surface area contributed by atoms with E-state index in [-0.39, 0.29) is 13.0 Å². The van der Waals surface area contributed by atoms with Gasteiger partial charge in [0.05, 0.1) is 14.2 Å². The van der Waals surface area contributed by atoms with Crippen LogP contribution in [0.2, 0.25) is 18.1 Å². The summed E-state index contributed by atoms with van der Waals surface area (Å²) in [6, 6.07) is -12.6. The molecule has 0 amide bonds. The van der Waals surface area contributed by atoms with Gasteiger partial charge in [-0.2, -0.15) is 224 Å². The predicted octanol–water partition coefficient (Wildman–Crippen LogP) is 20.6. The van der Waals surface area contributed by atoms with Crippen LogP contribution >= 0.6 is 0 Å². The number of alkyl halides is 51. The minimum atomic E-state index is -9.70. The van der Waals surface area contributed by atoms with Gasteiger partial charge in [-0.05, 0) is 50.5 Å². The van der Waals surface area contributed by atoms with Crippen molar-refractivity contribution >= 4 is 13.3 Å². The maximum Gasteiger partial charge on any atom is 0.460 e. The molecule has 0 aromatic heterocycles. The summed E-state index contributed by atoms with van der Waals surface area (Å²) in [6.45, 7) is 1.94. The van der Waals surface area contributed by atoms with E-state index in [2.05, 4.69) is 0 Å². The van der Waals surface area contributed by atoms with Crippen molar-refractivity contribution in [3.8, 4) is 5.75 Å². The van der Waals surface area contributed by atoms with Crippen LogP contribution in [-0.2, 0) is 0 Å². The first-order valence-corrected chi connectivity index (χ1v) is 25.2. The molecule has 0 aliphatic heterocycles. The van der Waals surface area contributed by atoms with Crippen LogP contribution in [0.5, 0.6) is 5.75 Å². The SMILES string of the molecule is Cc1cc([Si](CCC(F)(F)C(F)(F)C(F)(F)C(F)(F)C(F)(F)C(F)(F)C(F)(F)C(F)(F)F)(CCC(F)(F)C(F)(F)C(F)(F)C(F)(F)C(F)(F)C(F)(F)C(F)(F)C(F)(F)F)CCC(F)(F)C(F)(F)C(F)(F)C(F)(F)C(F)(F)C(F)(F)C(F)(F)C(F)(F)F)ccc1OC(C)C. The molecule has 0 saturated carbocycles. The van der Waals surface area contributed by atoms with Gasteiger partial charge in [0.25, 0.3) is 0 Å². The zero-order valence-electron chi connectivity index (χ0n) is 43.2. The maximum atomic E-state index is 15.6. The second-order valence-corrected chi connectivity index (χ2v) is 24.5. The average Bonchev–Trinajstić information content (AvgIpc) is 0.708. The summed E-state index contributed by atoms with van der Waals surface area (Å²) in [7, 11) is -7.75. The lowest BCUT2D eigenvalue weighted by molar-refractivity contribution is -0.461. The molecule has 0 heterocycles. The van der Waals surface area contributed by atoms with Gasteiger partial charge in [-0.25, -0.2) is 0 Å². The molecule has 0 aliphatic carbocycles. The lowest BCUT2D eigenvalue weighted by Gasteiger charge is -2.44. The van der Waals surface area contributed by atoms with Crippen molar-refractivity contribution in [2.75, 3.05) is 0 Å². The third kappa shape index (κ3) is 12.3. The molecule has 1 rings (SSSR count). The van der Waals surface area contributed by atoms with Crippen molar-refractivity contribution in [3.63, 3.8) is 0 Å². The summed E-state index contributed by atoms with van der Waals surface area (Å²) in [5.41, 5.74) is -1.26. The Labute approximate surface area is 479 Å². The van der Waals surface area contributed by atoms with E-state index in [1.54, 1.807) is 0 Å². The van der Waals surface area contributed by atoms with Gasteiger partial charge >= 0.3 is 143 Å². The number of rotatable bonds is 30. The second-order valence-electron chi connectivity index (χ2n) is 19.9. The third-order valence-corrected chi connectivity index (χ3v) is 18.4. The first-order valence-electron chi connectivity index (χ1n) is 22.6. The van der Waals surface area contributed by atoms with Gasteiger partial charge in [-0.15, -0.1) is 0 Å². The Bertz CT molecular complexity index is 2510. The smallest absolute Gasteiger partial charge is 0.460 e. The largest absolute Gasteiger partial charge is 0.491 e. The normalized spacial score (nSPS) is 16.6. The maximum absolute atomic E-state index is 15.6. The Balaban J connectivity index is 4.88. The molecule has 0 atom stereocenters. The van der Waals surface area contributed by atoms with E-state index < -0.39 is 223 Å². The van der Waals surface area contributed by atoms with Gasteiger partial charge in [-0.3, -0.25) is 0 Å². The molecule has 0 N–H and O–H groups in total. The van der Waals surface area contributed by atoms with Crippen LogP contribution in [0.25, 0.3) is 0 Å². The van der Waals surface area contributed by atoms with Gasteiger partial charge in [-0.1, -0.05) is 17.3 Å². The van der Waals surface area contributed by atoms with E-state index >= 15 is 52.7 Å². The third-order valence-electron chi connectivity index (χ3n) is 13.3. The van der Waals surface area contributed by atoms with E-state index in [0.29, 0.717) is 0 Å². The Morgan fingerprint density at radius 3 is 0.602 bits per heavy atom. The number of aryl methyl sites for hydroxylation is 1. The van der Waals surface area contributed by atoms with E-state index in [0.717, 1.165) is 13.8 Å². The van der Waals surface area contributed by atoms with Crippen LogP contribution in [0.4, 0.5) is 224 Å². The molecule has 0 unspecified atom stereocenters. The van der Waals surface area contributed by atoms with Crippen LogP contribution in [-0.4, -0.2) is 157 Å². The highest BCUT2D eigenvalue weighted by atomic mass is 28.3. The van der Waals surface area contributed by atoms with Crippen LogP contribution in [0, 0.1) is 6.92 Å². The molecule has 0 radical (unpaired) electrons. The van der Waals surface area contributed by atoms with E-state index in [4.69, 9.17) is 4.74 Å². The standard InChI is InChI=1S/C40H25F51OSi/c1-13(2)92-16-5-4-15(12-14(16)3)93(9-6-17(41,42)20(47,48)23(53,54)26(59,60)29(65,66)32(71,72)35(77,78)38(83,84)85,10-7-18(43,44)21(49,50)24(55,56)27(61,62)30(67,68)33(73,74)36(79,80)39(86,87)88)11-8-19(45,46)22(51,52)25(57,58)28(63,64)31(69,70)34(75,76)37(81,82)40(89,90)91/h4-5,12-13H,6-11H2,1-3H3. The zero-order chi connectivity index (χ0) is 75.9. The van der Waals surface area contributed by atoms with Gasteiger partial charge in [0, 0.05) is 19.3 Å². The van der Waals surface area contributed by atoms with Gasteiger partial charge in [0.15, 0.2) is 0 Å². The quantitative estimate of drug-likeness (QED) is 0.0551. The Morgan fingerprint density at radius 1 is 0.269 bits per heavy atom. The summed E-state index contributed by atoms with van der Waals surface area (Å²) in [5.74, 6) is -195. The van der Waals surface area contributed by atoms with E-state index in [1.807, 2.05) is 0 Å². The number of hydrogen-bond donors (Lipinski definition) is 0. The molecule has 0 aliphatic rings. The Morgan fingerprint density at radius 2 is 0.441 bits per heavy atom.